The van der Waals surface area contributed by atoms with E-state index in [4.69, 9.17) is 4.74 Å². The smallest absolute Gasteiger partial charge is 0.497 e. The van der Waals surface area contributed by atoms with Crippen molar-refractivity contribution in [1.29, 1.82) is 0 Å². The number of hydrogen-bond donors (Lipinski definition) is 0. The van der Waals surface area contributed by atoms with E-state index in [9.17, 15) is 18.0 Å². The Morgan fingerprint density at radius 2 is 1.83 bits per heavy atom. The van der Waals surface area contributed by atoms with Crippen molar-refractivity contribution in [2.45, 2.75) is 12.9 Å². The van der Waals surface area contributed by atoms with Crippen LogP contribution >= 0.6 is 0 Å². The fourth-order valence-corrected chi connectivity index (χ4v) is 3.12. The second kappa shape index (κ2) is 7.58. The Kier molecular flexibility index (Phi) is 4.94. The third kappa shape index (κ3) is 4.00. The molecule has 0 amide bonds. The maximum atomic E-state index is 12.9. The van der Waals surface area contributed by atoms with Crippen LogP contribution in [0.5, 0.6) is 11.5 Å². The van der Waals surface area contributed by atoms with Gasteiger partial charge < -0.3 is 14.0 Å². The van der Waals surface area contributed by atoms with Crippen molar-refractivity contribution in [2.75, 3.05) is 7.11 Å². The number of alkyl halides is 3. The van der Waals surface area contributed by atoms with Gasteiger partial charge in [-0.1, -0.05) is 30.3 Å². The van der Waals surface area contributed by atoms with Gasteiger partial charge in [0.1, 0.15) is 17.0 Å². The van der Waals surface area contributed by atoms with Crippen LogP contribution in [0.1, 0.15) is 5.56 Å². The summed E-state index contributed by atoms with van der Waals surface area (Å²) in [5.74, 6) is 0.311. The molecule has 2 aromatic carbocycles. The molecule has 0 aliphatic heterocycles. The highest BCUT2D eigenvalue weighted by Gasteiger charge is 2.32. The summed E-state index contributed by atoms with van der Waals surface area (Å²) < 4.78 is 50.0. The van der Waals surface area contributed by atoms with Gasteiger partial charge in [-0.05, 0) is 24.3 Å². The zero-order valence-electron chi connectivity index (χ0n) is 15.8. The van der Waals surface area contributed by atoms with Gasteiger partial charge in [0.25, 0.3) is 5.56 Å². The van der Waals surface area contributed by atoms with Crippen LogP contribution in [-0.2, 0) is 6.54 Å². The van der Waals surface area contributed by atoms with Crippen molar-refractivity contribution in [1.82, 2.24) is 14.2 Å². The summed E-state index contributed by atoms with van der Waals surface area (Å²) in [5.41, 5.74) is 1.48. The molecule has 4 aromatic rings. The highest BCUT2D eigenvalue weighted by Crippen LogP contribution is 2.27. The molecular formula is C21H16F3N3O3. The van der Waals surface area contributed by atoms with E-state index in [2.05, 4.69) is 9.84 Å². The quantitative estimate of drug-likeness (QED) is 0.492. The Morgan fingerprint density at radius 3 is 2.60 bits per heavy atom. The van der Waals surface area contributed by atoms with Crippen LogP contribution < -0.4 is 15.0 Å². The van der Waals surface area contributed by atoms with E-state index >= 15 is 0 Å². The predicted octanol–water partition coefficient (Wildman–Crippen LogP) is 4.12. The summed E-state index contributed by atoms with van der Waals surface area (Å²) in [5, 5.41) is 4.41. The second-order valence-corrected chi connectivity index (χ2v) is 6.48. The Morgan fingerprint density at radius 1 is 1.03 bits per heavy atom. The molecule has 0 unspecified atom stereocenters. The first-order valence-corrected chi connectivity index (χ1v) is 8.91. The van der Waals surface area contributed by atoms with E-state index in [-0.39, 0.29) is 23.4 Å². The number of hydrogen-bond acceptors (Lipinski definition) is 4. The zero-order chi connectivity index (χ0) is 21.3. The standard InChI is InChI=1S/C21H16F3N3O3/c1-29-16-7-4-6-14(11-16)17-12-18-20(28)26(9-10-27(18)25-17)13-15-5-2-3-8-19(15)30-21(22,23)24/h2-12H,13H2,1H3. The maximum Gasteiger partial charge on any atom is 0.573 e. The molecule has 0 fully saturated rings. The molecule has 0 atom stereocenters. The van der Waals surface area contributed by atoms with Gasteiger partial charge in [0.05, 0.1) is 19.3 Å². The van der Waals surface area contributed by atoms with Crippen LogP contribution in [-0.4, -0.2) is 27.7 Å². The molecule has 0 spiro atoms. The molecule has 9 heteroatoms. The van der Waals surface area contributed by atoms with Gasteiger partial charge in [-0.2, -0.15) is 5.10 Å². The molecule has 2 heterocycles. The summed E-state index contributed by atoms with van der Waals surface area (Å²) in [4.78, 5) is 12.9. The van der Waals surface area contributed by atoms with Gasteiger partial charge in [-0.25, -0.2) is 4.52 Å². The van der Waals surface area contributed by atoms with E-state index in [1.54, 1.807) is 37.6 Å². The predicted molar refractivity (Wildman–Crippen MR) is 104 cm³/mol. The fourth-order valence-electron chi connectivity index (χ4n) is 3.12. The number of rotatable bonds is 5. The van der Waals surface area contributed by atoms with Crippen molar-refractivity contribution in [2.24, 2.45) is 0 Å². The first-order chi connectivity index (χ1) is 14.3. The van der Waals surface area contributed by atoms with Crippen LogP contribution in [0.25, 0.3) is 16.8 Å². The molecular weight excluding hydrogens is 399 g/mol. The van der Waals surface area contributed by atoms with Crippen molar-refractivity contribution >= 4 is 5.52 Å². The van der Waals surface area contributed by atoms with Gasteiger partial charge in [0.15, 0.2) is 0 Å². The molecule has 0 saturated heterocycles. The molecule has 0 aliphatic carbocycles. The molecule has 0 N–H and O–H groups in total. The minimum atomic E-state index is -4.82. The maximum absolute atomic E-state index is 12.9. The molecule has 0 saturated carbocycles. The van der Waals surface area contributed by atoms with Gasteiger partial charge in [-0.15, -0.1) is 13.2 Å². The third-order valence-corrected chi connectivity index (χ3v) is 4.51. The monoisotopic (exact) mass is 415 g/mol. The average Bonchev–Trinajstić information content (AvgIpc) is 3.16. The molecule has 0 aliphatic rings. The Balaban J connectivity index is 1.71. The van der Waals surface area contributed by atoms with Gasteiger partial charge in [0.2, 0.25) is 0 Å². The molecule has 2 aromatic heterocycles. The summed E-state index contributed by atoms with van der Waals surface area (Å²) >= 11 is 0. The van der Waals surface area contributed by atoms with Crippen LogP contribution in [0.3, 0.4) is 0 Å². The Labute approximate surface area is 168 Å². The van der Waals surface area contributed by atoms with Crippen LogP contribution in [0.2, 0.25) is 0 Å². The topological polar surface area (TPSA) is 57.8 Å². The van der Waals surface area contributed by atoms with Gasteiger partial charge >= 0.3 is 6.36 Å². The highest BCUT2D eigenvalue weighted by molar-refractivity contribution is 5.66. The van der Waals surface area contributed by atoms with Crippen molar-refractivity contribution in [3.8, 4) is 22.8 Å². The average molecular weight is 415 g/mol. The highest BCUT2D eigenvalue weighted by atomic mass is 19.4. The Bertz CT molecular complexity index is 1260. The van der Waals surface area contributed by atoms with E-state index in [1.807, 2.05) is 12.1 Å². The molecule has 0 radical (unpaired) electrons. The summed E-state index contributed by atoms with van der Waals surface area (Å²) in [6, 6.07) is 14.6. The fraction of sp³-hybridized carbons (Fsp3) is 0.143. The van der Waals surface area contributed by atoms with E-state index in [0.29, 0.717) is 17.0 Å². The minimum Gasteiger partial charge on any atom is -0.497 e. The number of nitrogens with zero attached hydrogens (tertiary/aromatic N) is 3. The van der Waals surface area contributed by atoms with Crippen molar-refractivity contribution in [3.05, 3.63) is 82.9 Å². The van der Waals surface area contributed by atoms with Crippen LogP contribution in [0.4, 0.5) is 13.2 Å². The lowest BCUT2D eigenvalue weighted by Gasteiger charge is -2.14. The first-order valence-electron chi connectivity index (χ1n) is 8.91. The normalized spacial score (nSPS) is 11.6. The largest absolute Gasteiger partial charge is 0.573 e. The number of ether oxygens (including phenoxy) is 2. The van der Waals surface area contributed by atoms with Crippen LogP contribution in [0.15, 0.2) is 71.8 Å². The SMILES string of the molecule is COc1cccc(-c2cc3c(=O)n(Cc4ccccc4OC(F)(F)F)ccn3n2)c1. The van der Waals surface area contributed by atoms with Crippen LogP contribution in [0, 0.1) is 0 Å². The van der Waals surface area contributed by atoms with Gasteiger partial charge in [0, 0.05) is 23.5 Å². The first kappa shape index (κ1) is 19.6. The molecule has 154 valence electrons. The molecule has 4 rings (SSSR count). The minimum absolute atomic E-state index is 0.0821. The number of fused-ring (bicyclic) bond motifs is 1. The Hall–Kier alpha value is -3.75. The summed E-state index contributed by atoms with van der Waals surface area (Å²) in [6.45, 7) is -0.0821. The van der Waals surface area contributed by atoms with E-state index < -0.39 is 6.36 Å². The number of aromatic nitrogens is 3. The van der Waals surface area contributed by atoms with Crippen molar-refractivity contribution < 1.29 is 22.6 Å². The molecule has 30 heavy (non-hydrogen) atoms. The lowest BCUT2D eigenvalue weighted by atomic mass is 10.1. The third-order valence-electron chi connectivity index (χ3n) is 4.51. The molecule has 6 nitrogen and oxygen atoms in total. The summed E-state index contributed by atoms with van der Waals surface area (Å²) in [6.07, 6.45) is -1.77. The second-order valence-electron chi connectivity index (χ2n) is 6.48. The molecule has 0 bridgehead atoms. The number of para-hydroxylation sites is 1. The number of methoxy groups -OCH3 is 1. The summed E-state index contributed by atoms with van der Waals surface area (Å²) in [7, 11) is 1.56. The van der Waals surface area contributed by atoms with E-state index in [0.717, 1.165) is 5.56 Å². The van der Waals surface area contributed by atoms with Gasteiger partial charge in [-0.3, -0.25) is 4.79 Å². The van der Waals surface area contributed by atoms with E-state index in [1.165, 1.54) is 33.5 Å². The van der Waals surface area contributed by atoms with Crippen molar-refractivity contribution in [3.63, 3.8) is 0 Å². The lowest BCUT2D eigenvalue weighted by Crippen LogP contribution is -2.23. The lowest BCUT2D eigenvalue weighted by molar-refractivity contribution is -0.274. The number of benzene rings is 2. The zero-order valence-corrected chi connectivity index (χ0v) is 15.8. The number of halogens is 3.